The van der Waals surface area contributed by atoms with Gasteiger partial charge >= 0.3 is 0 Å². The van der Waals surface area contributed by atoms with E-state index in [0.29, 0.717) is 17.5 Å². The molecule has 3 N–H and O–H groups in total. The molecule has 0 radical (unpaired) electrons. The van der Waals surface area contributed by atoms with Crippen LogP contribution in [0.25, 0.3) is 11.1 Å². The predicted molar refractivity (Wildman–Crippen MR) is 60.0 cm³/mol. The highest BCUT2D eigenvalue weighted by molar-refractivity contribution is 5.75. The highest BCUT2D eigenvalue weighted by atomic mass is 16.5. The van der Waals surface area contributed by atoms with E-state index in [-0.39, 0.29) is 17.7 Å². The Hall–Kier alpha value is -1.70. The van der Waals surface area contributed by atoms with Gasteiger partial charge in [0.1, 0.15) is 11.6 Å². The average molecular weight is 252 g/mol. The summed E-state index contributed by atoms with van der Waals surface area (Å²) in [6.45, 7) is -0.249. The topological polar surface area (TPSA) is 109 Å². The van der Waals surface area contributed by atoms with Crippen LogP contribution >= 0.6 is 0 Å². The third-order valence-electron chi connectivity index (χ3n) is 3.14. The molecule has 0 unspecified atom stereocenters. The van der Waals surface area contributed by atoms with Crippen molar-refractivity contribution in [1.82, 2.24) is 9.97 Å². The normalized spacial score (nSPS) is 28.0. The fourth-order valence-corrected chi connectivity index (χ4v) is 2.20. The second kappa shape index (κ2) is 4.20. The van der Waals surface area contributed by atoms with Crippen LogP contribution in [-0.4, -0.2) is 39.0 Å². The minimum absolute atomic E-state index is 0.137. The smallest absolute Gasteiger partial charge is 0.294 e. The molecule has 18 heavy (non-hydrogen) atoms. The van der Waals surface area contributed by atoms with Crippen molar-refractivity contribution in [2.75, 3.05) is 6.61 Å². The maximum Gasteiger partial charge on any atom is 0.294 e. The van der Waals surface area contributed by atoms with Crippen LogP contribution in [0.4, 0.5) is 0 Å². The fraction of sp³-hybridized carbons (Fsp3) is 0.455. The summed E-state index contributed by atoms with van der Waals surface area (Å²) < 4.78 is 10.7. The molecule has 3 heterocycles. The van der Waals surface area contributed by atoms with Crippen molar-refractivity contribution in [2.24, 2.45) is 0 Å². The molecule has 1 fully saturated rings. The van der Waals surface area contributed by atoms with Crippen LogP contribution in [0.15, 0.2) is 21.8 Å². The van der Waals surface area contributed by atoms with E-state index in [1.165, 1.54) is 12.6 Å². The zero-order chi connectivity index (χ0) is 12.7. The molecule has 7 nitrogen and oxygen atoms in total. The molecule has 0 aliphatic carbocycles. The molecule has 1 aliphatic heterocycles. The first-order chi connectivity index (χ1) is 8.70. The Bertz CT molecular complexity index is 619. The third-order valence-corrected chi connectivity index (χ3v) is 3.14. The number of ether oxygens (including phenoxy) is 1. The van der Waals surface area contributed by atoms with E-state index in [1.807, 2.05) is 0 Å². The first-order valence-electron chi connectivity index (χ1n) is 5.60. The molecule has 1 saturated heterocycles. The number of nitrogens with one attached hydrogen (secondary N) is 1. The quantitative estimate of drug-likeness (QED) is 0.677. The third kappa shape index (κ3) is 1.64. The Balaban J connectivity index is 2.01. The lowest BCUT2D eigenvalue weighted by Crippen LogP contribution is -2.24. The predicted octanol–water partition coefficient (Wildman–Crippen LogP) is -0.301. The number of nitrogens with zero attached hydrogens (tertiary/aromatic N) is 1. The molecule has 0 saturated carbocycles. The van der Waals surface area contributed by atoms with Gasteiger partial charge in [0.15, 0.2) is 0 Å². The van der Waals surface area contributed by atoms with E-state index in [1.54, 1.807) is 0 Å². The first kappa shape index (κ1) is 11.4. The summed E-state index contributed by atoms with van der Waals surface area (Å²) in [5.74, 6) is 0. The van der Waals surface area contributed by atoms with Crippen LogP contribution in [0.3, 0.4) is 0 Å². The maximum absolute atomic E-state index is 11.5. The molecule has 2 aromatic rings. The number of aliphatic hydroxyl groups is 2. The van der Waals surface area contributed by atoms with Crippen molar-refractivity contribution >= 4 is 11.1 Å². The number of rotatable bonds is 2. The SMILES string of the molecule is O=c1[nH]cnc2c([C@H]3C[C@H](O)[C@@H](CO)O3)coc12. The lowest BCUT2D eigenvalue weighted by atomic mass is 10.1. The Morgan fingerprint density at radius 1 is 1.56 bits per heavy atom. The van der Waals surface area contributed by atoms with Crippen LogP contribution in [-0.2, 0) is 4.74 Å². The molecule has 0 aromatic carbocycles. The van der Waals surface area contributed by atoms with Crippen LogP contribution in [0.5, 0.6) is 0 Å². The van der Waals surface area contributed by atoms with Gasteiger partial charge in [-0.15, -0.1) is 0 Å². The number of aromatic amines is 1. The van der Waals surface area contributed by atoms with Gasteiger partial charge in [-0.05, 0) is 0 Å². The van der Waals surface area contributed by atoms with Gasteiger partial charge in [-0.3, -0.25) is 4.79 Å². The second-order valence-electron chi connectivity index (χ2n) is 4.25. The van der Waals surface area contributed by atoms with Gasteiger partial charge in [0.05, 0.1) is 31.4 Å². The van der Waals surface area contributed by atoms with E-state index in [4.69, 9.17) is 14.3 Å². The zero-order valence-corrected chi connectivity index (χ0v) is 9.37. The summed E-state index contributed by atoms with van der Waals surface area (Å²) in [6, 6.07) is 0. The number of fused-ring (bicyclic) bond motifs is 1. The minimum Gasteiger partial charge on any atom is -0.456 e. The number of hydrogen-bond donors (Lipinski definition) is 3. The summed E-state index contributed by atoms with van der Waals surface area (Å²) in [5, 5.41) is 18.7. The van der Waals surface area contributed by atoms with Crippen molar-refractivity contribution in [1.29, 1.82) is 0 Å². The van der Waals surface area contributed by atoms with Crippen molar-refractivity contribution in [2.45, 2.75) is 24.7 Å². The minimum atomic E-state index is -0.730. The molecular formula is C11H12N2O5. The number of aliphatic hydroxyl groups excluding tert-OH is 2. The first-order valence-corrected chi connectivity index (χ1v) is 5.60. The molecule has 0 spiro atoms. The van der Waals surface area contributed by atoms with E-state index < -0.39 is 18.3 Å². The van der Waals surface area contributed by atoms with E-state index in [2.05, 4.69) is 9.97 Å². The molecule has 3 atom stereocenters. The van der Waals surface area contributed by atoms with Crippen LogP contribution in [0, 0.1) is 0 Å². The van der Waals surface area contributed by atoms with Gasteiger partial charge < -0.3 is 24.4 Å². The molecule has 96 valence electrons. The monoisotopic (exact) mass is 252 g/mol. The zero-order valence-electron chi connectivity index (χ0n) is 9.37. The Morgan fingerprint density at radius 2 is 2.39 bits per heavy atom. The van der Waals surface area contributed by atoms with Crippen molar-refractivity contribution in [3.63, 3.8) is 0 Å². The van der Waals surface area contributed by atoms with E-state index in [0.717, 1.165) is 0 Å². The largest absolute Gasteiger partial charge is 0.456 e. The summed E-state index contributed by atoms with van der Waals surface area (Å²) in [4.78, 5) is 17.9. The molecule has 2 aromatic heterocycles. The standard InChI is InChI=1S/C11H12N2O5/c14-2-8-6(15)1-7(18-8)5-3-17-10-9(5)12-4-13-11(10)16/h3-4,6-8,14-15H,1-2H2,(H,12,13,16)/t6-,7+,8+/m0/s1. The summed E-state index contributed by atoms with van der Waals surface area (Å²) in [7, 11) is 0. The lowest BCUT2D eigenvalue weighted by molar-refractivity contribution is -0.0224. The number of hydrogen-bond acceptors (Lipinski definition) is 6. The van der Waals surface area contributed by atoms with Crippen LogP contribution in [0.1, 0.15) is 18.1 Å². The average Bonchev–Trinajstić information content (AvgIpc) is 2.93. The maximum atomic E-state index is 11.5. The second-order valence-corrected chi connectivity index (χ2v) is 4.25. The summed E-state index contributed by atoms with van der Waals surface area (Å²) in [5.41, 5.74) is 0.821. The summed E-state index contributed by atoms with van der Waals surface area (Å²) >= 11 is 0. The fourth-order valence-electron chi connectivity index (χ4n) is 2.20. The molecule has 0 amide bonds. The molecule has 1 aliphatic rings. The van der Waals surface area contributed by atoms with Crippen molar-refractivity contribution < 1.29 is 19.4 Å². The number of furan rings is 1. The Morgan fingerprint density at radius 3 is 3.11 bits per heavy atom. The number of H-pyrrole nitrogens is 1. The highest BCUT2D eigenvalue weighted by Crippen LogP contribution is 2.35. The van der Waals surface area contributed by atoms with Crippen LogP contribution < -0.4 is 5.56 Å². The van der Waals surface area contributed by atoms with Gasteiger partial charge in [-0.2, -0.15) is 0 Å². The Kier molecular flexibility index (Phi) is 2.66. The van der Waals surface area contributed by atoms with Gasteiger partial charge in [0.25, 0.3) is 5.56 Å². The van der Waals surface area contributed by atoms with Crippen molar-refractivity contribution in [3.8, 4) is 0 Å². The molecule has 3 rings (SSSR count). The van der Waals surface area contributed by atoms with Gasteiger partial charge in [-0.25, -0.2) is 4.98 Å². The molecule has 0 bridgehead atoms. The number of aromatic nitrogens is 2. The van der Waals surface area contributed by atoms with E-state index >= 15 is 0 Å². The molecular weight excluding hydrogens is 240 g/mol. The van der Waals surface area contributed by atoms with E-state index in [9.17, 15) is 9.90 Å². The summed E-state index contributed by atoms with van der Waals surface area (Å²) in [6.07, 6.45) is 1.28. The highest BCUT2D eigenvalue weighted by Gasteiger charge is 2.36. The van der Waals surface area contributed by atoms with Crippen LogP contribution in [0.2, 0.25) is 0 Å². The Labute approximate surface area is 101 Å². The van der Waals surface area contributed by atoms with Crippen molar-refractivity contribution in [3.05, 3.63) is 28.5 Å². The molecule has 7 heteroatoms. The van der Waals surface area contributed by atoms with Gasteiger partial charge in [0, 0.05) is 12.0 Å². The lowest BCUT2D eigenvalue weighted by Gasteiger charge is -2.10. The van der Waals surface area contributed by atoms with Gasteiger partial charge in [0.2, 0.25) is 5.58 Å². The van der Waals surface area contributed by atoms with Gasteiger partial charge in [-0.1, -0.05) is 0 Å².